The SMILES string of the molecule is COC(=O)C1=C(C)C(Br)(N=[N+]=[N-])S(=O)[C@@H]2[C@H](NC(=O)COc3ccccc3)C(=O)N12. The summed E-state index contributed by atoms with van der Waals surface area (Å²) in [6.07, 6.45) is 0. The van der Waals surface area contributed by atoms with Gasteiger partial charge in [0, 0.05) is 4.91 Å². The number of hydrogen-bond donors (Lipinski definition) is 1. The van der Waals surface area contributed by atoms with Crippen LogP contribution in [-0.4, -0.2) is 55.8 Å². The largest absolute Gasteiger partial charge is 0.484 e. The van der Waals surface area contributed by atoms with Gasteiger partial charge in [0.1, 0.15) is 22.9 Å². The highest BCUT2D eigenvalue weighted by Gasteiger charge is 2.63. The molecule has 2 aliphatic heterocycles. The number of para-hydroxylation sites is 1. The summed E-state index contributed by atoms with van der Waals surface area (Å²) in [6.45, 7) is 1.03. The quantitative estimate of drug-likeness (QED) is 0.119. The zero-order valence-electron chi connectivity index (χ0n) is 15.8. The van der Waals surface area contributed by atoms with Gasteiger partial charge in [-0.3, -0.25) is 18.7 Å². The molecule has 0 radical (unpaired) electrons. The fourth-order valence-electron chi connectivity index (χ4n) is 3.09. The number of fused-ring (bicyclic) bond motifs is 1. The molecule has 1 aromatic rings. The number of alkyl halides is 1. The molecule has 30 heavy (non-hydrogen) atoms. The van der Waals surface area contributed by atoms with Crippen LogP contribution in [0.1, 0.15) is 6.92 Å². The molecule has 4 atom stereocenters. The number of hydrogen-bond acceptors (Lipinski definition) is 7. The monoisotopic (exact) mass is 497 g/mol. The Bertz CT molecular complexity index is 1010. The van der Waals surface area contributed by atoms with Crippen molar-refractivity contribution < 1.29 is 28.1 Å². The molecule has 0 saturated carbocycles. The second-order valence-electron chi connectivity index (χ2n) is 6.26. The summed E-state index contributed by atoms with van der Waals surface area (Å²) < 4.78 is 21.4. The van der Waals surface area contributed by atoms with Crippen LogP contribution in [0.2, 0.25) is 0 Å². The number of rotatable bonds is 6. The number of methoxy groups -OCH3 is 1. The molecule has 3 rings (SSSR count). The Kier molecular flexibility index (Phi) is 6.15. The van der Waals surface area contributed by atoms with Gasteiger partial charge in [0.15, 0.2) is 6.61 Å². The minimum Gasteiger partial charge on any atom is -0.484 e. The predicted molar refractivity (Wildman–Crippen MR) is 108 cm³/mol. The maximum Gasteiger partial charge on any atom is 0.354 e. The molecule has 158 valence electrons. The lowest BCUT2D eigenvalue weighted by atomic mass is 10.0. The number of amides is 2. The van der Waals surface area contributed by atoms with Crippen LogP contribution in [0.5, 0.6) is 5.75 Å². The first-order valence-electron chi connectivity index (χ1n) is 8.52. The van der Waals surface area contributed by atoms with E-state index < -0.39 is 43.8 Å². The van der Waals surface area contributed by atoms with Crippen LogP contribution >= 0.6 is 15.9 Å². The second-order valence-corrected chi connectivity index (χ2v) is 9.60. The first-order valence-corrected chi connectivity index (χ1v) is 10.5. The van der Waals surface area contributed by atoms with Gasteiger partial charge in [0.2, 0.25) is 3.78 Å². The Balaban J connectivity index is 1.84. The average molecular weight is 498 g/mol. The van der Waals surface area contributed by atoms with E-state index in [1.807, 2.05) is 0 Å². The van der Waals surface area contributed by atoms with E-state index in [1.54, 1.807) is 30.3 Å². The van der Waals surface area contributed by atoms with E-state index in [4.69, 9.17) is 15.0 Å². The molecule has 0 aromatic heterocycles. The number of nitrogens with zero attached hydrogens (tertiary/aromatic N) is 4. The normalized spacial score (nSPS) is 27.4. The molecule has 1 aromatic carbocycles. The van der Waals surface area contributed by atoms with Gasteiger partial charge in [-0.1, -0.05) is 39.2 Å². The van der Waals surface area contributed by atoms with E-state index in [9.17, 15) is 18.6 Å². The van der Waals surface area contributed by atoms with Crippen molar-refractivity contribution in [1.29, 1.82) is 0 Å². The zero-order valence-corrected chi connectivity index (χ0v) is 18.2. The predicted octanol–water partition coefficient (Wildman–Crippen LogP) is 1.29. The summed E-state index contributed by atoms with van der Waals surface area (Å²) in [6, 6.07) is 7.39. The third-order valence-electron chi connectivity index (χ3n) is 4.57. The van der Waals surface area contributed by atoms with Gasteiger partial charge in [-0.25, -0.2) is 4.79 Å². The number of carbonyl (C=O) groups is 3. The van der Waals surface area contributed by atoms with Gasteiger partial charge in [0.05, 0.1) is 17.9 Å². The molecule has 1 saturated heterocycles. The highest BCUT2D eigenvalue weighted by molar-refractivity contribution is 9.11. The first-order chi connectivity index (χ1) is 14.3. The number of carbonyl (C=O) groups excluding carboxylic acids is 3. The molecule has 1 N–H and O–H groups in total. The molecule has 2 unspecified atom stereocenters. The van der Waals surface area contributed by atoms with E-state index in [-0.39, 0.29) is 17.9 Å². The van der Waals surface area contributed by atoms with Gasteiger partial charge < -0.3 is 14.8 Å². The molecule has 0 spiro atoms. The van der Waals surface area contributed by atoms with E-state index in [0.29, 0.717) is 5.75 Å². The summed E-state index contributed by atoms with van der Waals surface area (Å²) >= 11 is 3.14. The third kappa shape index (κ3) is 3.55. The summed E-state index contributed by atoms with van der Waals surface area (Å²) in [5.74, 6) is -1.66. The lowest BCUT2D eigenvalue weighted by Crippen LogP contribution is -2.75. The van der Waals surface area contributed by atoms with Crippen molar-refractivity contribution in [1.82, 2.24) is 10.2 Å². The third-order valence-corrected chi connectivity index (χ3v) is 8.12. The van der Waals surface area contributed by atoms with Crippen molar-refractivity contribution >= 4 is 44.5 Å². The molecule has 2 aliphatic rings. The molecule has 0 aliphatic carbocycles. The van der Waals surface area contributed by atoms with E-state index in [1.165, 1.54) is 6.92 Å². The molecule has 11 nitrogen and oxygen atoms in total. The van der Waals surface area contributed by atoms with Gasteiger partial charge in [-0.2, -0.15) is 0 Å². The van der Waals surface area contributed by atoms with Crippen molar-refractivity contribution in [3.05, 3.63) is 52.0 Å². The fraction of sp³-hybridized carbons (Fsp3) is 0.353. The number of halogens is 1. The Morgan fingerprint density at radius 2 is 2.07 bits per heavy atom. The van der Waals surface area contributed by atoms with Crippen LogP contribution in [0, 0.1) is 0 Å². The topological polar surface area (TPSA) is 151 Å². The average Bonchev–Trinajstić information content (AvgIpc) is 2.75. The highest BCUT2D eigenvalue weighted by Crippen LogP contribution is 2.47. The van der Waals surface area contributed by atoms with Crippen molar-refractivity contribution in [3.63, 3.8) is 0 Å². The van der Waals surface area contributed by atoms with Gasteiger partial charge >= 0.3 is 5.97 Å². The van der Waals surface area contributed by atoms with E-state index >= 15 is 0 Å². The number of nitrogens with one attached hydrogen (secondary N) is 1. The molecule has 1 fully saturated rings. The number of β-lactam (4-membered cyclic amide) rings is 1. The lowest BCUT2D eigenvalue weighted by Gasteiger charge is -2.52. The zero-order chi connectivity index (χ0) is 22.1. The maximum atomic E-state index is 13.1. The number of benzene rings is 1. The van der Waals surface area contributed by atoms with E-state index in [2.05, 4.69) is 31.3 Å². The minimum atomic E-state index is -2.03. The van der Waals surface area contributed by atoms with Crippen molar-refractivity contribution in [3.8, 4) is 5.75 Å². The number of azide groups is 1. The van der Waals surface area contributed by atoms with Crippen LogP contribution in [-0.2, 0) is 29.9 Å². The van der Waals surface area contributed by atoms with Crippen LogP contribution in [0.25, 0.3) is 10.4 Å². The van der Waals surface area contributed by atoms with Gasteiger partial charge in [-0.15, -0.1) is 0 Å². The lowest BCUT2D eigenvalue weighted by molar-refractivity contribution is -0.152. The minimum absolute atomic E-state index is 0.0623. The highest BCUT2D eigenvalue weighted by atomic mass is 79.9. The Morgan fingerprint density at radius 3 is 2.67 bits per heavy atom. The van der Waals surface area contributed by atoms with Crippen molar-refractivity contribution in [2.75, 3.05) is 13.7 Å². The van der Waals surface area contributed by atoms with Crippen LogP contribution in [0.3, 0.4) is 0 Å². The summed E-state index contributed by atoms with van der Waals surface area (Å²) in [4.78, 5) is 40.9. The maximum absolute atomic E-state index is 13.1. The molecular formula is C17H16BrN5O6S. The first kappa shape index (κ1) is 21.8. The van der Waals surface area contributed by atoms with Crippen molar-refractivity contribution in [2.45, 2.75) is 22.1 Å². The summed E-state index contributed by atoms with van der Waals surface area (Å²) in [7, 11) is -0.906. The van der Waals surface area contributed by atoms with Gasteiger partial charge in [-0.05, 0) is 30.2 Å². The molecular weight excluding hydrogens is 482 g/mol. The Hall–Kier alpha value is -2.89. The van der Waals surface area contributed by atoms with Crippen LogP contribution in [0.4, 0.5) is 0 Å². The Morgan fingerprint density at radius 1 is 1.40 bits per heavy atom. The molecule has 0 bridgehead atoms. The smallest absolute Gasteiger partial charge is 0.354 e. The summed E-state index contributed by atoms with van der Waals surface area (Å²) in [5, 5.41) is 4.86. The van der Waals surface area contributed by atoms with Crippen molar-refractivity contribution in [2.24, 2.45) is 5.11 Å². The summed E-state index contributed by atoms with van der Waals surface area (Å²) in [5.41, 5.74) is 8.77. The number of ether oxygens (including phenoxy) is 2. The van der Waals surface area contributed by atoms with Gasteiger partial charge in [0.25, 0.3) is 11.8 Å². The number of esters is 1. The standard InChI is InChI=1S/C17H16BrN5O6S/c1-9-13(16(26)28-2)23-14(25)12(15(23)30(27)17(9,18)21-22-19)20-11(24)8-29-10-6-4-3-5-7-10/h3-7,12,15H,8H2,1-2H3,(H,20,24)/t12-,15-,17?,30?/m1/s1. The second kappa shape index (κ2) is 8.46. The van der Waals surface area contributed by atoms with Crippen LogP contribution < -0.4 is 10.1 Å². The molecule has 2 amide bonds. The van der Waals surface area contributed by atoms with Crippen LogP contribution in [0.15, 0.2) is 46.7 Å². The Labute approximate surface area is 181 Å². The fourth-order valence-corrected chi connectivity index (χ4v) is 5.59. The van der Waals surface area contributed by atoms with E-state index in [0.717, 1.165) is 12.0 Å². The molecule has 13 heteroatoms. The molecule has 2 heterocycles.